The third-order valence-corrected chi connectivity index (χ3v) is 5.68. The fourth-order valence-electron chi connectivity index (χ4n) is 4.55. The van der Waals surface area contributed by atoms with Gasteiger partial charge in [-0.25, -0.2) is 0 Å². The predicted molar refractivity (Wildman–Crippen MR) is 79.2 cm³/mol. The molecule has 2 aliphatic carbocycles. The van der Waals surface area contributed by atoms with E-state index in [-0.39, 0.29) is 18.8 Å². The molecule has 6 atom stereocenters. The monoisotopic (exact) mass is 342 g/mol. The normalized spacial score (nSPS) is 36.7. The maximum atomic E-state index is 11.6. The average Bonchev–Trinajstić information content (AvgIpc) is 2.53. The Bertz CT molecular complexity index is 542. The van der Waals surface area contributed by atoms with Gasteiger partial charge in [0, 0.05) is 0 Å². The summed E-state index contributed by atoms with van der Waals surface area (Å²) < 4.78 is 0. The first kappa shape index (κ1) is 18.2. The average molecular weight is 342 g/mol. The Labute approximate surface area is 138 Å². The van der Waals surface area contributed by atoms with Gasteiger partial charge in [0.25, 0.3) is 0 Å². The molecule has 6 unspecified atom stereocenters. The Morgan fingerprint density at radius 2 is 1.21 bits per heavy atom. The van der Waals surface area contributed by atoms with E-state index in [0.717, 1.165) is 0 Å². The summed E-state index contributed by atoms with van der Waals surface area (Å²) in [7, 11) is 0. The summed E-state index contributed by atoms with van der Waals surface area (Å²) in [6, 6.07) is 0. The summed E-state index contributed by atoms with van der Waals surface area (Å²) in [6.07, 6.45) is 2.11. The van der Waals surface area contributed by atoms with Crippen LogP contribution in [0.15, 0.2) is 0 Å². The van der Waals surface area contributed by atoms with Gasteiger partial charge < -0.3 is 20.4 Å². The Kier molecular flexibility index (Phi) is 5.46. The zero-order valence-corrected chi connectivity index (χ0v) is 13.1. The molecule has 0 aromatic carbocycles. The SMILES string of the molecule is O=C(O)C1CCC(C2CCCC(C(=O)O)C2C(=O)O)CC1C(=O)O. The third kappa shape index (κ3) is 3.52. The Hall–Kier alpha value is -2.12. The van der Waals surface area contributed by atoms with Crippen LogP contribution in [0.25, 0.3) is 0 Å². The molecule has 0 bridgehead atoms. The van der Waals surface area contributed by atoms with Crippen LogP contribution < -0.4 is 0 Å². The lowest BCUT2D eigenvalue weighted by molar-refractivity contribution is -0.163. The molecular formula is C16H22O8. The lowest BCUT2D eigenvalue weighted by Gasteiger charge is -2.42. The van der Waals surface area contributed by atoms with Gasteiger partial charge in [0.15, 0.2) is 0 Å². The second kappa shape index (κ2) is 7.19. The van der Waals surface area contributed by atoms with Gasteiger partial charge in [-0.05, 0) is 43.9 Å². The van der Waals surface area contributed by atoms with Crippen LogP contribution in [0.4, 0.5) is 0 Å². The standard InChI is InChI=1S/C16H22O8/c17-13(18)9-5-4-7(6-11(9)15(21)22)8-2-1-3-10(14(19)20)12(8)16(23)24/h7-12H,1-6H2,(H,17,18)(H,19,20)(H,21,22)(H,23,24). The maximum Gasteiger partial charge on any atom is 0.307 e. The molecule has 0 aromatic heterocycles. The second-order valence-electron chi connectivity index (χ2n) is 6.87. The number of rotatable bonds is 5. The molecule has 2 rings (SSSR count). The molecule has 0 saturated heterocycles. The first-order chi connectivity index (χ1) is 11.2. The quantitative estimate of drug-likeness (QED) is 0.585. The van der Waals surface area contributed by atoms with Crippen LogP contribution >= 0.6 is 0 Å². The summed E-state index contributed by atoms with van der Waals surface area (Å²) in [5.74, 6) is -9.38. The molecule has 0 aromatic rings. The highest BCUT2D eigenvalue weighted by Crippen LogP contribution is 2.47. The maximum absolute atomic E-state index is 11.6. The largest absolute Gasteiger partial charge is 0.481 e. The zero-order chi connectivity index (χ0) is 18.0. The molecule has 0 aliphatic heterocycles. The highest BCUT2D eigenvalue weighted by atomic mass is 16.4. The van der Waals surface area contributed by atoms with Gasteiger partial charge in [-0.2, -0.15) is 0 Å². The van der Waals surface area contributed by atoms with Crippen molar-refractivity contribution >= 4 is 23.9 Å². The molecule has 0 heterocycles. The molecule has 0 amide bonds. The van der Waals surface area contributed by atoms with Crippen molar-refractivity contribution in [1.82, 2.24) is 0 Å². The molecule has 0 radical (unpaired) electrons. The number of hydrogen-bond acceptors (Lipinski definition) is 4. The van der Waals surface area contributed by atoms with Gasteiger partial charge in [0.2, 0.25) is 0 Å². The van der Waals surface area contributed by atoms with Gasteiger partial charge in [0.05, 0.1) is 23.7 Å². The van der Waals surface area contributed by atoms with E-state index in [2.05, 4.69) is 0 Å². The van der Waals surface area contributed by atoms with Crippen LogP contribution in [0.5, 0.6) is 0 Å². The number of carbonyl (C=O) groups is 4. The Balaban J connectivity index is 2.22. The number of carboxylic acid groups (broad SMARTS) is 4. The number of aliphatic carboxylic acids is 4. The summed E-state index contributed by atoms with van der Waals surface area (Å²) in [4.78, 5) is 45.7. The van der Waals surface area contributed by atoms with E-state index in [0.29, 0.717) is 25.7 Å². The number of carboxylic acids is 4. The minimum absolute atomic E-state index is 0.0904. The molecule has 0 spiro atoms. The molecule has 134 valence electrons. The van der Waals surface area contributed by atoms with Gasteiger partial charge in [-0.1, -0.05) is 6.42 Å². The number of hydrogen-bond donors (Lipinski definition) is 4. The van der Waals surface area contributed by atoms with E-state index in [1.165, 1.54) is 0 Å². The summed E-state index contributed by atoms with van der Waals surface area (Å²) >= 11 is 0. The van der Waals surface area contributed by atoms with Crippen molar-refractivity contribution < 1.29 is 39.6 Å². The van der Waals surface area contributed by atoms with Crippen molar-refractivity contribution in [2.75, 3.05) is 0 Å². The predicted octanol–water partition coefficient (Wildman–Crippen LogP) is 1.39. The third-order valence-electron chi connectivity index (χ3n) is 5.68. The highest BCUT2D eigenvalue weighted by Gasteiger charge is 2.48. The zero-order valence-electron chi connectivity index (χ0n) is 13.1. The first-order valence-corrected chi connectivity index (χ1v) is 8.15. The molecule has 4 N–H and O–H groups in total. The Morgan fingerprint density at radius 3 is 1.71 bits per heavy atom. The minimum atomic E-state index is -1.19. The second-order valence-corrected chi connectivity index (χ2v) is 6.87. The van der Waals surface area contributed by atoms with Crippen molar-refractivity contribution in [1.29, 1.82) is 0 Å². The minimum Gasteiger partial charge on any atom is -0.481 e. The van der Waals surface area contributed by atoms with E-state index in [1.807, 2.05) is 0 Å². The molecule has 8 heteroatoms. The first-order valence-electron chi connectivity index (χ1n) is 8.15. The van der Waals surface area contributed by atoms with Crippen molar-refractivity contribution in [3.05, 3.63) is 0 Å². The van der Waals surface area contributed by atoms with E-state index >= 15 is 0 Å². The lowest BCUT2D eigenvalue weighted by atomic mass is 9.61. The topological polar surface area (TPSA) is 149 Å². The molecule has 8 nitrogen and oxygen atoms in total. The van der Waals surface area contributed by atoms with Crippen molar-refractivity contribution in [2.45, 2.75) is 38.5 Å². The van der Waals surface area contributed by atoms with Gasteiger partial charge in [0.1, 0.15) is 0 Å². The van der Waals surface area contributed by atoms with E-state index in [1.54, 1.807) is 0 Å². The smallest absolute Gasteiger partial charge is 0.307 e. The fraction of sp³-hybridized carbons (Fsp3) is 0.750. The Morgan fingerprint density at radius 1 is 0.625 bits per heavy atom. The van der Waals surface area contributed by atoms with Gasteiger partial charge >= 0.3 is 23.9 Å². The molecule has 2 fully saturated rings. The van der Waals surface area contributed by atoms with Crippen LogP contribution in [-0.2, 0) is 19.2 Å². The van der Waals surface area contributed by atoms with Crippen molar-refractivity contribution in [3.63, 3.8) is 0 Å². The summed E-state index contributed by atoms with van der Waals surface area (Å²) in [5.41, 5.74) is 0. The van der Waals surface area contributed by atoms with Crippen molar-refractivity contribution in [2.24, 2.45) is 35.5 Å². The van der Waals surface area contributed by atoms with Crippen LogP contribution in [0.3, 0.4) is 0 Å². The van der Waals surface area contributed by atoms with E-state index in [4.69, 9.17) is 0 Å². The van der Waals surface area contributed by atoms with Gasteiger partial charge in [-0.3, -0.25) is 19.2 Å². The van der Waals surface area contributed by atoms with Crippen LogP contribution in [0, 0.1) is 35.5 Å². The van der Waals surface area contributed by atoms with E-state index < -0.39 is 53.5 Å². The van der Waals surface area contributed by atoms with E-state index in [9.17, 15) is 39.6 Å². The molecular weight excluding hydrogens is 320 g/mol. The summed E-state index contributed by atoms with van der Waals surface area (Å²) in [5, 5.41) is 37.3. The summed E-state index contributed by atoms with van der Waals surface area (Å²) in [6.45, 7) is 0. The molecule has 2 aliphatic rings. The molecule has 24 heavy (non-hydrogen) atoms. The van der Waals surface area contributed by atoms with Crippen LogP contribution in [0.2, 0.25) is 0 Å². The highest BCUT2D eigenvalue weighted by molar-refractivity contribution is 5.81. The lowest BCUT2D eigenvalue weighted by Crippen LogP contribution is -2.45. The van der Waals surface area contributed by atoms with Crippen molar-refractivity contribution in [3.8, 4) is 0 Å². The molecule has 2 saturated carbocycles. The van der Waals surface area contributed by atoms with Gasteiger partial charge in [-0.15, -0.1) is 0 Å². The van der Waals surface area contributed by atoms with Crippen LogP contribution in [-0.4, -0.2) is 44.3 Å². The fourth-order valence-corrected chi connectivity index (χ4v) is 4.55. The van der Waals surface area contributed by atoms with Crippen LogP contribution in [0.1, 0.15) is 38.5 Å².